The lowest BCUT2D eigenvalue weighted by Crippen LogP contribution is -2.14. The molecule has 0 heterocycles. The van der Waals surface area contributed by atoms with E-state index in [2.05, 4.69) is 62.4 Å². The van der Waals surface area contributed by atoms with Gasteiger partial charge in [-0.2, -0.15) is 0 Å². The van der Waals surface area contributed by atoms with Gasteiger partial charge in [0.05, 0.1) is 78.4 Å². The fraction of sp³-hybridized carbons (Fsp3) is 0.500. The summed E-state index contributed by atoms with van der Waals surface area (Å²) in [6.07, 6.45) is 2.59. The van der Waals surface area contributed by atoms with Crippen LogP contribution < -0.4 is 0 Å². The van der Waals surface area contributed by atoms with E-state index >= 15 is 0 Å². The highest BCUT2D eigenvalue weighted by Crippen LogP contribution is 2.44. The van der Waals surface area contributed by atoms with Gasteiger partial charge in [-0.05, 0) is 93.9 Å². The molecule has 0 saturated carbocycles. The molecule has 0 radical (unpaired) electrons. The van der Waals surface area contributed by atoms with Crippen molar-refractivity contribution in [3.05, 3.63) is 142 Å². The minimum absolute atomic E-state index is 0.0422. The van der Waals surface area contributed by atoms with Crippen molar-refractivity contribution in [1.82, 2.24) is 0 Å². The number of hydrogen-bond acceptors (Lipinski definition) is 8. The standard InChI is InChI=1S/C48H68O12P2/c1-5-42(46-11-7-9-41(30-46)36-62(52,53)54)31-48(44-18-14-39(15-19-44)35-61(49,50)51)32-47(28-37(2)45-10-6-8-40(29-45)34-59-23-21-56-4)43-16-12-38(13-17-43)33-60-27-26-58-25-24-57-22-20-55-3/h6-19,29-30,37,42,47-48H,5,20-28,31-36H2,1-4H3,(H2,49,50,51)(H2,52,53,54). The first-order chi connectivity index (χ1) is 29.8. The maximum atomic E-state index is 11.9. The Morgan fingerprint density at radius 2 is 0.903 bits per heavy atom. The van der Waals surface area contributed by atoms with E-state index < -0.39 is 15.2 Å². The maximum absolute atomic E-state index is 11.9. The molecule has 4 aromatic carbocycles. The van der Waals surface area contributed by atoms with E-state index in [4.69, 9.17) is 28.4 Å². The van der Waals surface area contributed by atoms with Gasteiger partial charge in [-0.3, -0.25) is 9.13 Å². The summed E-state index contributed by atoms with van der Waals surface area (Å²) in [6, 6.07) is 32.4. The summed E-state index contributed by atoms with van der Waals surface area (Å²) in [7, 11) is -5.20. The fourth-order valence-electron chi connectivity index (χ4n) is 7.82. The van der Waals surface area contributed by atoms with Crippen molar-refractivity contribution < 1.29 is 57.1 Å². The summed E-state index contributed by atoms with van der Waals surface area (Å²) in [5.41, 5.74) is 7.87. The van der Waals surface area contributed by atoms with E-state index in [9.17, 15) is 28.7 Å². The Morgan fingerprint density at radius 1 is 0.468 bits per heavy atom. The van der Waals surface area contributed by atoms with Gasteiger partial charge in [-0.25, -0.2) is 0 Å². The molecule has 0 aromatic heterocycles. The molecule has 4 atom stereocenters. The van der Waals surface area contributed by atoms with E-state index in [1.54, 1.807) is 20.3 Å². The molecule has 342 valence electrons. The molecule has 0 aliphatic heterocycles. The number of benzene rings is 4. The zero-order chi connectivity index (χ0) is 44.8. The van der Waals surface area contributed by atoms with Crippen LogP contribution in [0.15, 0.2) is 97.1 Å². The Bertz CT molecular complexity index is 1950. The zero-order valence-corrected chi connectivity index (χ0v) is 38.6. The van der Waals surface area contributed by atoms with Crippen LogP contribution >= 0.6 is 15.2 Å². The van der Waals surface area contributed by atoms with Gasteiger partial charge in [-0.15, -0.1) is 0 Å². The average Bonchev–Trinajstić information content (AvgIpc) is 3.23. The monoisotopic (exact) mass is 898 g/mol. The second-order valence-corrected chi connectivity index (χ2v) is 19.3. The molecule has 0 fully saturated rings. The molecule has 0 aliphatic rings. The highest BCUT2D eigenvalue weighted by Gasteiger charge is 2.27. The molecule has 4 unspecified atom stereocenters. The molecule has 12 nitrogen and oxygen atoms in total. The minimum atomic E-state index is -4.25. The van der Waals surface area contributed by atoms with Gasteiger partial charge in [0.15, 0.2) is 0 Å². The molecule has 0 amide bonds. The topological polar surface area (TPSA) is 170 Å². The number of rotatable bonds is 31. The fourth-order valence-corrected chi connectivity index (χ4v) is 9.18. The van der Waals surface area contributed by atoms with E-state index in [-0.39, 0.29) is 36.0 Å². The summed E-state index contributed by atoms with van der Waals surface area (Å²) in [5, 5.41) is 0. The Labute approximate surface area is 368 Å². The van der Waals surface area contributed by atoms with E-state index in [1.165, 1.54) is 11.1 Å². The van der Waals surface area contributed by atoms with Crippen LogP contribution in [0, 0.1) is 0 Å². The average molecular weight is 899 g/mol. The highest BCUT2D eigenvalue weighted by atomic mass is 31.2. The van der Waals surface area contributed by atoms with E-state index in [1.807, 2.05) is 42.5 Å². The molecule has 14 heteroatoms. The van der Waals surface area contributed by atoms with Crippen LogP contribution in [0.5, 0.6) is 0 Å². The summed E-state index contributed by atoms with van der Waals surface area (Å²) < 4.78 is 56.8. The molecule has 4 aromatic rings. The lowest BCUT2D eigenvalue weighted by Gasteiger charge is -2.30. The van der Waals surface area contributed by atoms with Gasteiger partial charge in [0.2, 0.25) is 0 Å². The SMILES string of the molecule is CCC(CC(CC(CC(C)c1cccc(COCCOC)c1)c1ccc(COCCOCCOCCOC)cc1)c1ccc(CP(=O)(O)O)cc1)c1cccc(CP(=O)(O)O)c1. The molecular weight excluding hydrogens is 830 g/mol. The molecule has 0 aliphatic carbocycles. The predicted octanol–water partition coefficient (Wildman–Crippen LogP) is 9.44. The Kier molecular flexibility index (Phi) is 22.7. The van der Waals surface area contributed by atoms with Crippen LogP contribution in [-0.4, -0.2) is 86.6 Å². The Morgan fingerprint density at radius 3 is 1.47 bits per heavy atom. The third-order valence-electron chi connectivity index (χ3n) is 11.0. The number of hydrogen-bond donors (Lipinski definition) is 4. The van der Waals surface area contributed by atoms with Crippen molar-refractivity contribution in [2.45, 2.75) is 88.7 Å². The van der Waals surface area contributed by atoms with Gasteiger partial charge in [0, 0.05) is 14.2 Å². The van der Waals surface area contributed by atoms with Gasteiger partial charge in [-0.1, -0.05) is 111 Å². The minimum Gasteiger partial charge on any atom is -0.382 e. The first-order valence-electron chi connectivity index (χ1n) is 21.5. The predicted molar refractivity (Wildman–Crippen MR) is 243 cm³/mol. The largest absolute Gasteiger partial charge is 0.382 e. The van der Waals surface area contributed by atoms with Crippen LogP contribution in [0.2, 0.25) is 0 Å². The second kappa shape index (κ2) is 27.3. The summed E-state index contributed by atoms with van der Waals surface area (Å²) in [5.74, 6) is 0.455. The smallest absolute Gasteiger partial charge is 0.329 e. The lowest BCUT2D eigenvalue weighted by atomic mass is 9.75. The van der Waals surface area contributed by atoms with Gasteiger partial charge in [0.25, 0.3) is 0 Å². The molecule has 0 bridgehead atoms. The number of methoxy groups -OCH3 is 2. The zero-order valence-electron chi connectivity index (χ0n) is 36.8. The van der Waals surface area contributed by atoms with Crippen molar-refractivity contribution >= 4 is 15.2 Å². The van der Waals surface area contributed by atoms with E-state index in [0.717, 1.165) is 47.9 Å². The quantitative estimate of drug-likeness (QED) is 0.0279. The van der Waals surface area contributed by atoms with Crippen LogP contribution in [0.25, 0.3) is 0 Å². The lowest BCUT2D eigenvalue weighted by molar-refractivity contribution is 0.000867. The molecule has 4 N–H and O–H groups in total. The van der Waals surface area contributed by atoms with E-state index in [0.29, 0.717) is 77.2 Å². The van der Waals surface area contributed by atoms with Crippen LogP contribution in [0.1, 0.15) is 108 Å². The maximum Gasteiger partial charge on any atom is 0.329 e. The van der Waals surface area contributed by atoms with Crippen molar-refractivity contribution in [3.63, 3.8) is 0 Å². The van der Waals surface area contributed by atoms with Gasteiger partial charge < -0.3 is 48.0 Å². The first-order valence-corrected chi connectivity index (χ1v) is 25.1. The first kappa shape index (κ1) is 51.6. The number of ether oxygens (including phenoxy) is 6. The van der Waals surface area contributed by atoms with Crippen molar-refractivity contribution in [3.8, 4) is 0 Å². The summed E-state index contributed by atoms with van der Waals surface area (Å²) >= 11 is 0. The van der Waals surface area contributed by atoms with Crippen molar-refractivity contribution in [1.29, 1.82) is 0 Å². The normalized spacial score (nSPS) is 14.1. The molecule has 0 spiro atoms. The molecule has 0 saturated heterocycles. The van der Waals surface area contributed by atoms with Crippen molar-refractivity contribution in [2.75, 3.05) is 67.1 Å². The van der Waals surface area contributed by atoms with Crippen LogP contribution in [-0.2, 0) is 63.1 Å². The van der Waals surface area contributed by atoms with Crippen LogP contribution in [0.4, 0.5) is 0 Å². The Balaban J connectivity index is 1.61. The summed E-state index contributed by atoms with van der Waals surface area (Å²) in [6.45, 7) is 9.45. The molecular formula is C48H68O12P2. The summed E-state index contributed by atoms with van der Waals surface area (Å²) in [4.78, 5) is 38.9. The van der Waals surface area contributed by atoms with Crippen molar-refractivity contribution in [2.24, 2.45) is 0 Å². The second-order valence-electron chi connectivity index (χ2n) is 16.0. The third-order valence-corrected chi connectivity index (χ3v) is 12.6. The molecule has 62 heavy (non-hydrogen) atoms. The Hall–Kier alpha value is -3.06. The third kappa shape index (κ3) is 19.8. The molecule has 4 rings (SSSR count). The van der Waals surface area contributed by atoms with Crippen LogP contribution in [0.3, 0.4) is 0 Å². The van der Waals surface area contributed by atoms with Gasteiger partial charge >= 0.3 is 15.2 Å². The van der Waals surface area contributed by atoms with Gasteiger partial charge in [0.1, 0.15) is 0 Å². The highest BCUT2D eigenvalue weighted by molar-refractivity contribution is 7.51.